The summed E-state index contributed by atoms with van der Waals surface area (Å²) in [6, 6.07) is 1.20. The Balaban J connectivity index is -0.000000276. The number of nitrogens with zero attached hydrogens (tertiary/aromatic N) is 2. The fourth-order valence-electron chi connectivity index (χ4n) is 7.56. The third kappa shape index (κ3) is 64.2. The van der Waals surface area contributed by atoms with Gasteiger partial charge in [0.05, 0.1) is 105 Å². The minimum atomic E-state index is -0.722. The molecule has 0 saturated heterocycles. The van der Waals surface area contributed by atoms with E-state index in [0.29, 0.717) is 68.9 Å². The lowest BCUT2D eigenvalue weighted by atomic mass is 10.2. The van der Waals surface area contributed by atoms with E-state index in [-0.39, 0.29) is 99.5 Å². The SMILES string of the molecule is C=C(C)C[NH+](C)CCNC(C)C.C=C(C)C[NH2+]CCNC(C)C.CC(=O)C[N+](C)(CCO)CC(O)COC(C)C.CC(=O)C[N+](CCO)(CCO)CC(O)COC(C)C.CC(=O)C[NH+](CCO)CC(O)COC(C)C. The van der Waals surface area contributed by atoms with Crippen molar-refractivity contribution in [2.75, 3.05) is 165 Å². The number of carbonyl (C=O) groups excluding carboxylic acids is 3. The summed E-state index contributed by atoms with van der Waals surface area (Å²) in [5.74, 6) is 0.0808. The molecule has 0 saturated carbocycles. The van der Waals surface area contributed by atoms with Crippen molar-refractivity contribution in [3.8, 4) is 0 Å². The van der Waals surface area contributed by atoms with Gasteiger partial charge in [0, 0.05) is 45.9 Å². The number of Topliss-reactive ketones (excluding diaryl/α,β-unsaturated/α-hetero) is 3. The predicted molar refractivity (Wildman–Crippen MR) is 302 cm³/mol. The van der Waals surface area contributed by atoms with E-state index in [9.17, 15) is 29.7 Å². The molecule has 0 aliphatic rings. The van der Waals surface area contributed by atoms with Crippen LogP contribution in [0.5, 0.6) is 0 Å². The zero-order chi connectivity index (χ0) is 59.2. The van der Waals surface area contributed by atoms with Crippen LogP contribution in [-0.4, -0.2) is 276 Å². The number of quaternary nitrogens is 5. The second kappa shape index (κ2) is 51.3. The van der Waals surface area contributed by atoms with E-state index in [0.717, 1.165) is 37.6 Å². The van der Waals surface area contributed by atoms with Gasteiger partial charge in [-0.15, -0.1) is 0 Å². The number of hydrogen-bond acceptors (Lipinski definition) is 15. The summed E-state index contributed by atoms with van der Waals surface area (Å²) in [7, 11) is 4.06. The first-order valence-electron chi connectivity index (χ1n) is 27.5. The third-order valence-corrected chi connectivity index (χ3v) is 10.7. The molecule has 0 radical (unpaired) electrons. The lowest BCUT2D eigenvalue weighted by Gasteiger charge is -2.38. The Morgan fingerprint density at radius 1 is 0.573 bits per heavy atom. The zero-order valence-corrected chi connectivity index (χ0v) is 50.8. The molecule has 0 spiro atoms. The maximum absolute atomic E-state index is 11.4. The number of carbonyl (C=O) groups is 3. The molecule has 13 N–H and O–H groups in total. The summed E-state index contributed by atoms with van der Waals surface area (Å²) in [6.45, 7) is 47.2. The Morgan fingerprint density at radius 2 is 1.01 bits per heavy atom. The van der Waals surface area contributed by atoms with Crippen LogP contribution in [0.3, 0.4) is 0 Å². The Labute approximate surface area is 457 Å². The monoisotopic (exact) mass is 1090 g/mol. The molecule has 0 aromatic rings. The molecule has 0 rings (SSSR count). The van der Waals surface area contributed by atoms with Crippen LogP contribution in [0.4, 0.5) is 0 Å². The Hall–Kier alpha value is -2.19. The Bertz CT molecular complexity index is 1390. The van der Waals surface area contributed by atoms with Crippen LogP contribution in [-0.2, 0) is 28.6 Å². The van der Waals surface area contributed by atoms with Gasteiger partial charge in [-0.05, 0) is 66.5 Å². The van der Waals surface area contributed by atoms with Crippen molar-refractivity contribution in [1.82, 2.24) is 10.6 Å². The molecule has 450 valence electrons. The van der Waals surface area contributed by atoms with Crippen LogP contribution in [0.15, 0.2) is 24.3 Å². The summed E-state index contributed by atoms with van der Waals surface area (Å²) < 4.78 is 16.5. The number of rotatable bonds is 41. The van der Waals surface area contributed by atoms with E-state index in [1.165, 1.54) is 43.4 Å². The standard InChI is InChI=1S/C13H28NO5.C12H26NO4.C11H23NO4.C10H22N2.C9H20N2/c1-11(2)19-10-13(18)9-14(4-6-15,5-7-16)8-12(3)17;1-10(2)17-9-12(16)8-13(4,5-6-14)7-11(3)15;1-9(2)16-8-11(15)7-12(4-5-13)6-10(3)14;1-9(2)8-12(5)7-6-11-10(3)4;1-8(2)7-10-5-6-11-9(3)4/h11,13,15-16,18H,4-10H2,1-3H3;10,12,14,16H,5-9H2,1-4H3;9,11,13,15H,4-8H2,1-3H3;10-11H,1,6-8H2,2-5H3;9-11H,1,5-7H2,2-4H3/q2*+1;;;/p+3. The highest BCUT2D eigenvalue weighted by Gasteiger charge is 2.32. The molecule has 0 bridgehead atoms. The van der Waals surface area contributed by atoms with Crippen molar-refractivity contribution in [1.29, 1.82) is 0 Å². The van der Waals surface area contributed by atoms with Crippen LogP contribution in [0, 0.1) is 0 Å². The Morgan fingerprint density at radius 3 is 1.39 bits per heavy atom. The second-order valence-electron chi connectivity index (χ2n) is 22.1. The third-order valence-electron chi connectivity index (χ3n) is 10.7. The minimum Gasteiger partial charge on any atom is -0.391 e. The maximum atomic E-state index is 11.4. The molecule has 0 fully saturated rings. The van der Waals surface area contributed by atoms with Crippen LogP contribution in [0.1, 0.15) is 104 Å². The number of ketones is 3. The van der Waals surface area contributed by atoms with Crippen molar-refractivity contribution < 1.29 is 88.4 Å². The van der Waals surface area contributed by atoms with Gasteiger partial charge in [0.2, 0.25) is 0 Å². The molecule has 75 heavy (non-hydrogen) atoms. The topological polar surface area (TPSA) is 270 Å². The molecule has 6 unspecified atom stereocenters. The highest BCUT2D eigenvalue weighted by Crippen LogP contribution is 2.10. The molecule has 0 amide bonds. The quantitative estimate of drug-likeness (QED) is 0.0170. The fraction of sp³-hybridized carbons (Fsp3) is 0.873. The molecule has 6 atom stereocenters. The molecular weight excluding hydrogens is 967 g/mol. The lowest BCUT2D eigenvalue weighted by molar-refractivity contribution is -0.924. The lowest BCUT2D eigenvalue weighted by Crippen LogP contribution is -3.14. The number of nitrogens with two attached hydrogens (primary N) is 1. The Kier molecular flexibility index (Phi) is 55.8. The number of ether oxygens (including phenoxy) is 3. The first kappa shape index (κ1) is 81.7. The minimum absolute atomic E-state index is 0.00153. The van der Waals surface area contributed by atoms with Crippen LogP contribution in [0.2, 0.25) is 0 Å². The number of likely N-dealkylation sites (N-methyl/N-ethyl adjacent to an activating group) is 2. The van der Waals surface area contributed by atoms with Gasteiger partial charge in [-0.25, -0.2) is 0 Å². The van der Waals surface area contributed by atoms with Gasteiger partial charge < -0.3 is 84.7 Å². The highest BCUT2D eigenvalue weighted by atomic mass is 16.5. The van der Waals surface area contributed by atoms with Gasteiger partial charge in [0.15, 0.2) is 17.3 Å². The van der Waals surface area contributed by atoms with Gasteiger partial charge in [-0.2, -0.15) is 0 Å². The molecule has 20 heteroatoms. The van der Waals surface area contributed by atoms with Gasteiger partial charge >= 0.3 is 0 Å². The summed E-state index contributed by atoms with van der Waals surface area (Å²) in [5.41, 5.74) is 2.51. The summed E-state index contributed by atoms with van der Waals surface area (Å²) in [4.78, 5) is 35.9. The normalized spacial score (nSPS) is 14.3. The summed E-state index contributed by atoms with van der Waals surface area (Å²) >= 11 is 0. The molecular formula is C55H122N7O13+5. The molecule has 0 aliphatic carbocycles. The van der Waals surface area contributed by atoms with E-state index in [1.807, 2.05) is 48.6 Å². The van der Waals surface area contributed by atoms with Crippen molar-refractivity contribution in [3.63, 3.8) is 0 Å². The van der Waals surface area contributed by atoms with E-state index < -0.39 is 18.3 Å². The largest absolute Gasteiger partial charge is 0.391 e. The fourth-order valence-corrected chi connectivity index (χ4v) is 7.56. The smallest absolute Gasteiger partial charge is 0.183 e. The highest BCUT2D eigenvalue weighted by molar-refractivity contribution is 5.77. The van der Waals surface area contributed by atoms with E-state index in [1.54, 1.807) is 0 Å². The van der Waals surface area contributed by atoms with Crippen molar-refractivity contribution in [2.24, 2.45) is 0 Å². The van der Waals surface area contributed by atoms with Gasteiger partial charge in [-0.3, -0.25) is 14.4 Å². The maximum Gasteiger partial charge on any atom is 0.183 e. The van der Waals surface area contributed by atoms with E-state index >= 15 is 0 Å². The molecule has 0 heterocycles. The molecule has 0 aromatic heterocycles. The summed E-state index contributed by atoms with van der Waals surface area (Å²) in [6.07, 6.45) is -1.74. The molecule has 20 nitrogen and oxygen atoms in total. The second-order valence-corrected chi connectivity index (χ2v) is 22.1. The summed E-state index contributed by atoms with van der Waals surface area (Å²) in [5, 5.41) is 74.7. The number of aliphatic hydroxyl groups excluding tert-OH is 7. The first-order valence-corrected chi connectivity index (χ1v) is 27.5. The molecule has 0 aliphatic heterocycles. The number of aliphatic hydroxyl groups is 7. The van der Waals surface area contributed by atoms with Gasteiger partial charge in [0.1, 0.15) is 83.8 Å². The van der Waals surface area contributed by atoms with Gasteiger partial charge in [-0.1, -0.05) is 40.9 Å². The number of hydrogen-bond donors (Lipinski definition) is 12. The van der Waals surface area contributed by atoms with Crippen molar-refractivity contribution in [3.05, 3.63) is 24.3 Å². The van der Waals surface area contributed by atoms with Crippen LogP contribution in [0.25, 0.3) is 0 Å². The predicted octanol–water partition coefficient (Wildman–Crippen LogP) is -2.60. The average Bonchev–Trinajstić information content (AvgIpc) is 3.24. The first-order chi connectivity index (χ1) is 34.7. The van der Waals surface area contributed by atoms with E-state index in [2.05, 4.69) is 77.7 Å². The number of nitrogens with one attached hydrogen (secondary N) is 4. The average molecular weight is 1090 g/mol. The van der Waals surface area contributed by atoms with Gasteiger partial charge in [0.25, 0.3) is 0 Å². The van der Waals surface area contributed by atoms with Crippen LogP contribution >= 0.6 is 0 Å². The van der Waals surface area contributed by atoms with Crippen LogP contribution < -0.4 is 25.8 Å². The van der Waals surface area contributed by atoms with Crippen molar-refractivity contribution >= 4 is 17.3 Å². The molecule has 0 aromatic carbocycles. The van der Waals surface area contributed by atoms with E-state index in [4.69, 9.17) is 34.6 Å². The van der Waals surface area contributed by atoms with Crippen molar-refractivity contribution in [2.45, 2.75) is 153 Å². The zero-order valence-electron chi connectivity index (χ0n) is 50.8.